The van der Waals surface area contributed by atoms with Crippen molar-refractivity contribution in [2.45, 2.75) is 45.6 Å². The molecule has 1 aliphatic rings. The molecule has 2 rings (SSSR count). The number of likely N-dealkylation sites (tertiary alicyclic amines) is 1. The lowest BCUT2D eigenvalue weighted by atomic mass is 9.83. The number of nitrogens with one attached hydrogen (secondary N) is 1. The van der Waals surface area contributed by atoms with Crippen LogP contribution in [0.5, 0.6) is 5.75 Å². The molecular formula is C23H29N3O5. The molecular weight excluding hydrogens is 398 g/mol. The van der Waals surface area contributed by atoms with Crippen molar-refractivity contribution in [3.05, 3.63) is 29.8 Å². The van der Waals surface area contributed by atoms with Crippen molar-refractivity contribution in [1.82, 2.24) is 4.90 Å². The number of piperidine rings is 1. The highest BCUT2D eigenvalue weighted by atomic mass is 16.5. The van der Waals surface area contributed by atoms with Gasteiger partial charge in [-0.15, -0.1) is 0 Å². The lowest BCUT2D eigenvalue weighted by Gasteiger charge is -2.40. The second-order valence-corrected chi connectivity index (χ2v) is 7.59. The molecule has 31 heavy (non-hydrogen) atoms. The summed E-state index contributed by atoms with van der Waals surface area (Å²) in [7, 11) is 1.54. The van der Waals surface area contributed by atoms with E-state index in [2.05, 4.69) is 0 Å². The summed E-state index contributed by atoms with van der Waals surface area (Å²) in [5, 5.41) is 16.6. The molecule has 0 aromatic heterocycles. The zero-order valence-corrected chi connectivity index (χ0v) is 18.2. The van der Waals surface area contributed by atoms with Gasteiger partial charge in [0.15, 0.2) is 12.4 Å². The number of para-hydroxylation sites is 1. The molecule has 8 nitrogen and oxygen atoms in total. The van der Waals surface area contributed by atoms with Gasteiger partial charge < -0.3 is 19.8 Å². The standard InChI is InChI=1S/C23H29N3O5/c1-4-5-12-26-21(28)11-10-17(22(26)16-8-6-7-9-20(16)30-3)23(29)31-14-19(27)18(13-24)15(2)25/h6-9,17-18,22,25H,4-5,10-12,14H2,1-3H3/t17-,18+,22-/m0/s1. The number of nitriles is 1. The van der Waals surface area contributed by atoms with Crippen LogP contribution >= 0.6 is 0 Å². The lowest BCUT2D eigenvalue weighted by Crippen LogP contribution is -2.46. The van der Waals surface area contributed by atoms with Crippen LogP contribution in [-0.2, 0) is 19.1 Å². The number of rotatable bonds is 10. The maximum Gasteiger partial charge on any atom is 0.311 e. The van der Waals surface area contributed by atoms with Gasteiger partial charge in [-0.2, -0.15) is 5.26 Å². The molecule has 0 aliphatic carbocycles. The van der Waals surface area contributed by atoms with Crippen LogP contribution in [0.4, 0.5) is 0 Å². The van der Waals surface area contributed by atoms with E-state index in [1.54, 1.807) is 17.0 Å². The van der Waals surface area contributed by atoms with Crippen LogP contribution in [0.25, 0.3) is 0 Å². The van der Waals surface area contributed by atoms with Gasteiger partial charge in [0, 0.05) is 24.2 Å². The first-order valence-corrected chi connectivity index (χ1v) is 10.4. The fourth-order valence-electron chi connectivity index (χ4n) is 3.83. The number of hydrogen-bond acceptors (Lipinski definition) is 7. The monoisotopic (exact) mass is 427 g/mol. The third-order valence-electron chi connectivity index (χ3n) is 5.46. The number of nitrogens with zero attached hydrogens (tertiary/aromatic N) is 2. The Morgan fingerprint density at radius 2 is 2.06 bits per heavy atom. The van der Waals surface area contributed by atoms with Crippen molar-refractivity contribution in [3.8, 4) is 11.8 Å². The van der Waals surface area contributed by atoms with Gasteiger partial charge in [0.05, 0.1) is 25.1 Å². The molecule has 1 saturated heterocycles. The van der Waals surface area contributed by atoms with Gasteiger partial charge in [-0.3, -0.25) is 14.4 Å². The third kappa shape index (κ3) is 5.69. The zero-order valence-electron chi connectivity index (χ0n) is 18.2. The van der Waals surface area contributed by atoms with Gasteiger partial charge in [0.2, 0.25) is 5.91 Å². The van der Waals surface area contributed by atoms with Gasteiger partial charge in [0.1, 0.15) is 11.7 Å². The van der Waals surface area contributed by atoms with Crippen LogP contribution < -0.4 is 4.74 Å². The van der Waals surface area contributed by atoms with Gasteiger partial charge in [-0.25, -0.2) is 0 Å². The second kappa shape index (κ2) is 11.3. The molecule has 1 fully saturated rings. The number of ketones is 1. The number of methoxy groups -OCH3 is 1. The number of benzene rings is 1. The highest BCUT2D eigenvalue weighted by molar-refractivity contribution is 6.06. The molecule has 8 heteroatoms. The van der Waals surface area contributed by atoms with Crippen LogP contribution in [0, 0.1) is 28.6 Å². The molecule has 0 saturated carbocycles. The molecule has 1 aromatic rings. The Morgan fingerprint density at radius 1 is 1.35 bits per heavy atom. The summed E-state index contributed by atoms with van der Waals surface area (Å²) in [5.74, 6) is -2.59. The highest BCUT2D eigenvalue weighted by Gasteiger charge is 2.42. The third-order valence-corrected chi connectivity index (χ3v) is 5.46. The van der Waals surface area contributed by atoms with E-state index >= 15 is 0 Å². The molecule has 0 spiro atoms. The Kier molecular flexibility index (Phi) is 8.74. The van der Waals surface area contributed by atoms with E-state index in [4.69, 9.17) is 20.1 Å². The number of Topliss-reactive ketones (excluding diaryl/α,β-unsaturated/α-hetero) is 1. The number of esters is 1. The maximum absolute atomic E-state index is 13.0. The van der Waals surface area contributed by atoms with Gasteiger partial charge in [-0.1, -0.05) is 31.5 Å². The van der Waals surface area contributed by atoms with E-state index < -0.39 is 36.2 Å². The molecule has 1 aliphatic heterocycles. The fraction of sp³-hybridized carbons (Fsp3) is 0.522. The van der Waals surface area contributed by atoms with Crippen molar-refractivity contribution < 1.29 is 23.9 Å². The largest absolute Gasteiger partial charge is 0.496 e. The van der Waals surface area contributed by atoms with Crippen molar-refractivity contribution in [1.29, 1.82) is 10.7 Å². The van der Waals surface area contributed by atoms with Crippen molar-refractivity contribution in [3.63, 3.8) is 0 Å². The quantitative estimate of drug-likeness (QED) is 0.452. The Hall–Kier alpha value is -3.21. The topological polar surface area (TPSA) is 121 Å². The van der Waals surface area contributed by atoms with E-state index in [1.807, 2.05) is 25.1 Å². The summed E-state index contributed by atoms with van der Waals surface area (Å²) in [5.41, 5.74) is 0.622. The first kappa shape index (κ1) is 24.1. The SMILES string of the molecule is CCCCN1C(=O)CC[C@H](C(=O)OCC(=O)[C@H](C#N)C(C)=N)[C@@H]1c1ccccc1OC. The first-order chi connectivity index (χ1) is 14.8. The summed E-state index contributed by atoms with van der Waals surface area (Å²) in [6.07, 6.45) is 2.19. The van der Waals surface area contributed by atoms with Crippen LogP contribution in [0.1, 0.15) is 51.1 Å². The summed E-state index contributed by atoms with van der Waals surface area (Å²) in [4.78, 5) is 39.6. The van der Waals surface area contributed by atoms with Gasteiger partial charge >= 0.3 is 5.97 Å². The predicted molar refractivity (Wildman–Crippen MR) is 114 cm³/mol. The Morgan fingerprint density at radius 3 is 2.68 bits per heavy atom. The first-order valence-electron chi connectivity index (χ1n) is 10.4. The van der Waals surface area contributed by atoms with E-state index in [0.29, 0.717) is 24.3 Å². The molecule has 0 unspecified atom stereocenters. The summed E-state index contributed by atoms with van der Waals surface area (Å²) < 4.78 is 10.8. The predicted octanol–water partition coefficient (Wildman–Crippen LogP) is 3.07. The molecule has 0 bridgehead atoms. The van der Waals surface area contributed by atoms with Crippen molar-refractivity contribution >= 4 is 23.4 Å². The maximum atomic E-state index is 13.0. The zero-order chi connectivity index (χ0) is 23.0. The number of unbranched alkanes of at least 4 members (excludes halogenated alkanes) is 1. The smallest absolute Gasteiger partial charge is 0.311 e. The van der Waals surface area contributed by atoms with E-state index in [0.717, 1.165) is 12.8 Å². The second-order valence-electron chi connectivity index (χ2n) is 7.59. The number of carbonyl (C=O) groups is 3. The lowest BCUT2D eigenvalue weighted by molar-refractivity contribution is -0.159. The van der Waals surface area contributed by atoms with Crippen molar-refractivity contribution in [2.75, 3.05) is 20.3 Å². The minimum Gasteiger partial charge on any atom is -0.496 e. The van der Waals surface area contributed by atoms with Gasteiger partial charge in [0.25, 0.3) is 0 Å². The molecule has 1 N–H and O–H groups in total. The van der Waals surface area contributed by atoms with E-state index in [1.165, 1.54) is 14.0 Å². The average molecular weight is 428 g/mol. The number of amides is 1. The average Bonchev–Trinajstić information content (AvgIpc) is 2.76. The molecule has 1 aromatic carbocycles. The number of ether oxygens (including phenoxy) is 2. The van der Waals surface area contributed by atoms with E-state index in [-0.39, 0.29) is 18.0 Å². The summed E-state index contributed by atoms with van der Waals surface area (Å²) in [6, 6.07) is 8.44. The van der Waals surface area contributed by atoms with Crippen LogP contribution in [0.15, 0.2) is 24.3 Å². The van der Waals surface area contributed by atoms with Gasteiger partial charge in [-0.05, 0) is 25.8 Å². The molecule has 0 radical (unpaired) electrons. The molecule has 166 valence electrons. The Balaban J connectivity index is 2.31. The molecule has 3 atom stereocenters. The number of carbonyl (C=O) groups excluding carboxylic acids is 3. The van der Waals surface area contributed by atoms with Crippen LogP contribution in [0.3, 0.4) is 0 Å². The Bertz CT molecular complexity index is 876. The minimum atomic E-state index is -1.23. The summed E-state index contributed by atoms with van der Waals surface area (Å²) in [6.45, 7) is 3.32. The van der Waals surface area contributed by atoms with Crippen LogP contribution in [0.2, 0.25) is 0 Å². The highest BCUT2D eigenvalue weighted by Crippen LogP contribution is 2.41. The fourth-order valence-corrected chi connectivity index (χ4v) is 3.83. The summed E-state index contributed by atoms with van der Waals surface area (Å²) >= 11 is 0. The van der Waals surface area contributed by atoms with Crippen LogP contribution in [-0.4, -0.2) is 48.5 Å². The molecule has 1 heterocycles. The minimum absolute atomic E-state index is 0.0338. The molecule has 1 amide bonds. The Labute approximate surface area is 182 Å². The van der Waals surface area contributed by atoms with E-state index in [9.17, 15) is 14.4 Å². The normalized spacial score (nSPS) is 19.3. The number of hydrogen-bond donors (Lipinski definition) is 1. The van der Waals surface area contributed by atoms with Crippen molar-refractivity contribution in [2.24, 2.45) is 11.8 Å².